The van der Waals surface area contributed by atoms with Crippen LogP contribution in [0.5, 0.6) is 0 Å². The van der Waals surface area contributed by atoms with E-state index >= 15 is 0 Å². The SMILES string of the molecule is c1ccc([C@H]2CCCC[C@@H]2OB(O[C@H]2CCCC[C@H]2c2ccccc2)O[C@@H]2CCCC[C@@H]2c2ccccc2)cc1. The highest BCUT2D eigenvalue weighted by atomic mass is 16.7. The van der Waals surface area contributed by atoms with Crippen molar-refractivity contribution in [2.45, 2.75) is 113 Å². The van der Waals surface area contributed by atoms with Crippen molar-refractivity contribution in [2.75, 3.05) is 0 Å². The van der Waals surface area contributed by atoms with Crippen molar-refractivity contribution in [2.24, 2.45) is 0 Å². The van der Waals surface area contributed by atoms with Crippen LogP contribution in [0.2, 0.25) is 0 Å². The molecule has 210 valence electrons. The maximum absolute atomic E-state index is 6.99. The zero-order chi connectivity index (χ0) is 27.0. The van der Waals surface area contributed by atoms with E-state index in [1.807, 2.05) is 0 Å². The summed E-state index contributed by atoms with van der Waals surface area (Å²) in [6.07, 6.45) is 14.3. The van der Waals surface area contributed by atoms with Crippen LogP contribution in [0.25, 0.3) is 0 Å². The van der Waals surface area contributed by atoms with Gasteiger partial charge < -0.3 is 14.0 Å². The van der Waals surface area contributed by atoms with E-state index in [9.17, 15) is 0 Å². The molecule has 3 nitrogen and oxygen atoms in total. The second-order valence-electron chi connectivity index (χ2n) is 12.2. The third-order valence-electron chi connectivity index (χ3n) is 9.65. The standard InChI is InChI=1S/C36H45BO3/c1-4-16-28(17-5-1)31-22-10-13-25-34(31)38-37(39-35-26-14-11-23-32(35)29-18-6-2-7-19-29)40-36-27-15-12-24-33(36)30-20-8-3-9-21-30/h1-9,16-21,31-36H,10-15,22-27H2/t31-,32-,33+,34-,35+,36+/m1/s1. The fourth-order valence-electron chi connectivity index (χ4n) is 7.55. The second kappa shape index (κ2) is 14.0. The lowest BCUT2D eigenvalue weighted by Gasteiger charge is -2.39. The molecule has 3 aromatic carbocycles. The summed E-state index contributed by atoms with van der Waals surface area (Å²) in [7, 11) is -0.641. The van der Waals surface area contributed by atoms with E-state index < -0.39 is 7.32 Å². The Bertz CT molecular complexity index is 994. The van der Waals surface area contributed by atoms with Crippen molar-refractivity contribution >= 4 is 7.32 Å². The lowest BCUT2D eigenvalue weighted by molar-refractivity contribution is -0.0301. The van der Waals surface area contributed by atoms with Crippen molar-refractivity contribution in [3.63, 3.8) is 0 Å². The first-order valence-electron chi connectivity index (χ1n) is 16.0. The summed E-state index contributed by atoms with van der Waals surface area (Å²) in [5.41, 5.74) is 4.14. The first kappa shape index (κ1) is 27.8. The smallest absolute Gasteiger partial charge is 0.382 e. The fourth-order valence-corrected chi connectivity index (χ4v) is 7.55. The minimum atomic E-state index is -0.641. The first-order chi connectivity index (χ1) is 19.8. The van der Waals surface area contributed by atoms with Gasteiger partial charge in [-0.2, -0.15) is 0 Å². The van der Waals surface area contributed by atoms with E-state index in [1.165, 1.54) is 55.2 Å². The summed E-state index contributed by atoms with van der Waals surface area (Å²) >= 11 is 0. The molecular formula is C36H45BO3. The Labute approximate surface area is 241 Å². The summed E-state index contributed by atoms with van der Waals surface area (Å²) < 4.78 is 21.0. The molecule has 3 fully saturated rings. The maximum Gasteiger partial charge on any atom is 0.640 e. The van der Waals surface area contributed by atoms with Gasteiger partial charge in [0.05, 0.1) is 18.3 Å². The molecule has 0 unspecified atom stereocenters. The van der Waals surface area contributed by atoms with Gasteiger partial charge in [-0.15, -0.1) is 0 Å². The van der Waals surface area contributed by atoms with Crippen LogP contribution in [0.4, 0.5) is 0 Å². The first-order valence-corrected chi connectivity index (χ1v) is 16.0. The molecule has 0 amide bonds. The van der Waals surface area contributed by atoms with Crippen LogP contribution in [-0.4, -0.2) is 25.6 Å². The van der Waals surface area contributed by atoms with Gasteiger partial charge >= 0.3 is 7.32 Å². The topological polar surface area (TPSA) is 27.7 Å². The minimum Gasteiger partial charge on any atom is -0.382 e. The molecule has 0 aliphatic heterocycles. The molecule has 6 rings (SSSR count). The Morgan fingerprint density at radius 2 is 0.650 bits per heavy atom. The molecule has 3 aliphatic rings. The normalized spacial score (nSPS) is 29.1. The van der Waals surface area contributed by atoms with Crippen LogP contribution in [0.15, 0.2) is 91.0 Å². The molecule has 3 aliphatic carbocycles. The summed E-state index contributed by atoms with van der Waals surface area (Å²) in [4.78, 5) is 0. The molecule has 4 heteroatoms. The highest BCUT2D eigenvalue weighted by Crippen LogP contribution is 2.40. The van der Waals surface area contributed by atoms with Gasteiger partial charge in [-0.05, 0) is 55.2 Å². The summed E-state index contributed by atoms with van der Waals surface area (Å²) in [6.45, 7) is 0. The van der Waals surface area contributed by atoms with Crippen molar-refractivity contribution in [3.8, 4) is 0 Å². The van der Waals surface area contributed by atoms with E-state index in [0.29, 0.717) is 17.8 Å². The van der Waals surface area contributed by atoms with E-state index in [4.69, 9.17) is 14.0 Å². The molecule has 3 saturated carbocycles. The van der Waals surface area contributed by atoms with Crippen molar-refractivity contribution < 1.29 is 14.0 Å². The molecule has 6 atom stereocenters. The fraction of sp³-hybridized carbons (Fsp3) is 0.500. The number of rotatable bonds is 9. The molecule has 3 aromatic rings. The van der Waals surface area contributed by atoms with Gasteiger partial charge in [0.2, 0.25) is 0 Å². The zero-order valence-corrected chi connectivity index (χ0v) is 23.9. The Morgan fingerprint density at radius 3 is 0.950 bits per heavy atom. The van der Waals surface area contributed by atoms with Gasteiger partial charge in [0, 0.05) is 17.8 Å². The predicted molar refractivity (Wildman–Crippen MR) is 163 cm³/mol. The van der Waals surface area contributed by atoms with Crippen LogP contribution >= 0.6 is 0 Å². The molecule has 0 bridgehead atoms. The average molecular weight is 537 g/mol. The van der Waals surface area contributed by atoms with Crippen molar-refractivity contribution in [1.82, 2.24) is 0 Å². The van der Waals surface area contributed by atoms with E-state index in [0.717, 1.165) is 38.5 Å². The highest BCUT2D eigenvalue weighted by molar-refractivity contribution is 6.36. The van der Waals surface area contributed by atoms with Gasteiger partial charge in [0.25, 0.3) is 0 Å². The zero-order valence-electron chi connectivity index (χ0n) is 23.9. The van der Waals surface area contributed by atoms with Crippen molar-refractivity contribution in [1.29, 1.82) is 0 Å². The van der Waals surface area contributed by atoms with E-state index in [2.05, 4.69) is 91.0 Å². The van der Waals surface area contributed by atoms with Gasteiger partial charge in [0.1, 0.15) is 0 Å². The Morgan fingerprint density at radius 1 is 0.375 bits per heavy atom. The van der Waals surface area contributed by atoms with Gasteiger partial charge in [-0.3, -0.25) is 0 Å². The maximum atomic E-state index is 6.99. The molecule has 0 saturated heterocycles. The summed E-state index contributed by atoms with van der Waals surface area (Å²) in [5.74, 6) is 1.16. The number of benzene rings is 3. The molecule has 0 radical (unpaired) electrons. The average Bonchev–Trinajstić information content (AvgIpc) is 3.03. The monoisotopic (exact) mass is 536 g/mol. The third-order valence-corrected chi connectivity index (χ3v) is 9.65. The van der Waals surface area contributed by atoms with Crippen LogP contribution in [0.3, 0.4) is 0 Å². The molecule has 0 N–H and O–H groups in total. The van der Waals surface area contributed by atoms with Crippen LogP contribution in [-0.2, 0) is 14.0 Å². The highest BCUT2D eigenvalue weighted by Gasteiger charge is 2.41. The Balaban J connectivity index is 1.25. The second-order valence-corrected chi connectivity index (χ2v) is 12.2. The molecule has 40 heavy (non-hydrogen) atoms. The molecular weight excluding hydrogens is 491 g/mol. The predicted octanol–water partition coefficient (Wildman–Crippen LogP) is 9.20. The van der Waals surface area contributed by atoms with E-state index in [-0.39, 0.29) is 18.3 Å². The Hall–Kier alpha value is -2.40. The lowest BCUT2D eigenvalue weighted by atomic mass is 9.79. The molecule has 0 aromatic heterocycles. The van der Waals surface area contributed by atoms with Gasteiger partial charge in [0.15, 0.2) is 0 Å². The van der Waals surface area contributed by atoms with Crippen LogP contribution < -0.4 is 0 Å². The van der Waals surface area contributed by atoms with Crippen molar-refractivity contribution in [3.05, 3.63) is 108 Å². The quantitative estimate of drug-likeness (QED) is 0.255. The largest absolute Gasteiger partial charge is 0.640 e. The van der Waals surface area contributed by atoms with Crippen LogP contribution in [0, 0.1) is 0 Å². The number of hydrogen-bond donors (Lipinski definition) is 0. The molecule has 0 spiro atoms. The summed E-state index contributed by atoms with van der Waals surface area (Å²) in [6, 6.07) is 32.9. The van der Waals surface area contributed by atoms with E-state index in [1.54, 1.807) is 0 Å². The lowest BCUT2D eigenvalue weighted by Crippen LogP contribution is -2.44. The molecule has 0 heterocycles. The Kier molecular flexibility index (Phi) is 9.70. The minimum absolute atomic E-state index is 0.110. The number of hydrogen-bond acceptors (Lipinski definition) is 3. The summed E-state index contributed by atoms with van der Waals surface area (Å²) in [5, 5.41) is 0. The van der Waals surface area contributed by atoms with Gasteiger partial charge in [-0.1, -0.05) is 130 Å². The van der Waals surface area contributed by atoms with Crippen LogP contribution in [0.1, 0.15) is 111 Å². The van der Waals surface area contributed by atoms with Gasteiger partial charge in [-0.25, -0.2) is 0 Å². The third kappa shape index (κ3) is 6.90.